The Kier molecular flexibility index (Phi) is 5.18. The van der Waals surface area contributed by atoms with Gasteiger partial charge in [0, 0.05) is 19.1 Å². The summed E-state index contributed by atoms with van der Waals surface area (Å²) in [7, 11) is -3.77. The van der Waals surface area contributed by atoms with Crippen LogP contribution < -0.4 is 0 Å². The van der Waals surface area contributed by atoms with Gasteiger partial charge in [0.2, 0.25) is 0 Å². The summed E-state index contributed by atoms with van der Waals surface area (Å²) in [5, 5.41) is 0. The van der Waals surface area contributed by atoms with E-state index in [0.29, 0.717) is 30.3 Å². The quantitative estimate of drug-likeness (QED) is 0.796. The average Bonchev–Trinajstić information content (AvgIpc) is 2.76. The van der Waals surface area contributed by atoms with Crippen LogP contribution in [0.2, 0.25) is 0 Å². The van der Waals surface area contributed by atoms with Gasteiger partial charge in [-0.2, -0.15) is 0 Å². The number of carbonyl (C=O) groups excluding carboxylic acids is 1. The Balaban J connectivity index is 1.90. The monoisotopic (exact) mass is 366 g/mol. The number of benzene rings is 1. The minimum atomic E-state index is -3.77. The Morgan fingerprint density at radius 3 is 2.48 bits per heavy atom. The molecule has 1 fully saturated rings. The van der Waals surface area contributed by atoms with E-state index in [0.717, 1.165) is 23.8 Å². The molecule has 1 saturated heterocycles. The first-order valence-electron chi connectivity index (χ1n) is 8.81. The highest BCUT2D eigenvalue weighted by Gasteiger charge is 2.43. The van der Waals surface area contributed by atoms with Crippen molar-refractivity contribution in [1.82, 2.24) is 9.21 Å². The minimum Gasteiger partial charge on any atom is -0.379 e. The molecule has 0 saturated carbocycles. The number of hydrogen-bond acceptors (Lipinski definition) is 5. The molecule has 0 bridgehead atoms. The zero-order valence-corrected chi connectivity index (χ0v) is 15.9. The minimum absolute atomic E-state index is 0.0113. The summed E-state index contributed by atoms with van der Waals surface area (Å²) in [6.07, 6.45) is 0.842. The number of sulfonamides is 1. The first-order chi connectivity index (χ1) is 11.8. The summed E-state index contributed by atoms with van der Waals surface area (Å²) in [5.41, 5.74) is 0.922. The van der Waals surface area contributed by atoms with Crippen LogP contribution in [0.15, 0.2) is 23.1 Å². The number of hydrogen-bond donors (Lipinski definition) is 0. The Labute approximate surface area is 149 Å². The molecular weight excluding hydrogens is 340 g/mol. The van der Waals surface area contributed by atoms with Crippen LogP contribution >= 0.6 is 0 Å². The molecule has 7 heteroatoms. The van der Waals surface area contributed by atoms with E-state index in [1.54, 1.807) is 25.1 Å². The van der Waals surface area contributed by atoms with Crippen LogP contribution in [0.1, 0.15) is 36.2 Å². The maximum Gasteiger partial charge on any atom is 0.269 e. The van der Waals surface area contributed by atoms with Gasteiger partial charge in [-0.05, 0) is 30.9 Å². The smallest absolute Gasteiger partial charge is 0.269 e. The van der Waals surface area contributed by atoms with Gasteiger partial charge < -0.3 is 4.74 Å². The second kappa shape index (κ2) is 7.05. The molecule has 1 unspecified atom stereocenters. The van der Waals surface area contributed by atoms with Crippen molar-refractivity contribution in [2.75, 3.05) is 32.8 Å². The molecule has 3 rings (SSSR count). The third-order valence-corrected chi connectivity index (χ3v) is 6.85. The lowest BCUT2D eigenvalue weighted by molar-refractivity contribution is 0.00877. The highest BCUT2D eigenvalue weighted by Crippen LogP contribution is 2.33. The fourth-order valence-corrected chi connectivity index (χ4v) is 5.53. The first-order valence-corrected chi connectivity index (χ1v) is 10.2. The predicted molar refractivity (Wildman–Crippen MR) is 95.0 cm³/mol. The normalized spacial score (nSPS) is 21.6. The number of morpholine rings is 1. The lowest BCUT2D eigenvalue weighted by atomic mass is 10.0. The Morgan fingerprint density at radius 2 is 1.88 bits per heavy atom. The lowest BCUT2D eigenvalue weighted by Crippen LogP contribution is -2.50. The molecular formula is C18H26N2O4S. The zero-order valence-electron chi connectivity index (χ0n) is 15.1. The van der Waals surface area contributed by atoms with E-state index in [4.69, 9.17) is 4.74 Å². The van der Waals surface area contributed by atoms with Crippen molar-refractivity contribution in [2.24, 2.45) is 5.92 Å². The summed E-state index contributed by atoms with van der Waals surface area (Å²) in [4.78, 5) is 15.2. The second-order valence-electron chi connectivity index (χ2n) is 7.22. The molecule has 1 aromatic rings. The van der Waals surface area contributed by atoms with Crippen LogP contribution in [0, 0.1) is 12.8 Å². The van der Waals surface area contributed by atoms with Crippen LogP contribution in [0.5, 0.6) is 0 Å². The molecule has 0 aliphatic carbocycles. The van der Waals surface area contributed by atoms with Crippen molar-refractivity contribution < 1.29 is 17.9 Å². The topological polar surface area (TPSA) is 66.9 Å². The lowest BCUT2D eigenvalue weighted by Gasteiger charge is -2.37. The number of carbonyl (C=O) groups is 1. The largest absolute Gasteiger partial charge is 0.379 e. The Morgan fingerprint density at radius 1 is 1.20 bits per heavy atom. The zero-order chi connectivity index (χ0) is 18.2. The SMILES string of the molecule is Cc1cccc2c1S(=O)(=O)N(CC(CC(C)C)N1CCOCC1)C2=O. The van der Waals surface area contributed by atoms with Crippen LogP contribution in [0.25, 0.3) is 0 Å². The summed E-state index contributed by atoms with van der Waals surface area (Å²) < 4.78 is 32.5. The van der Waals surface area contributed by atoms with E-state index in [1.807, 2.05) is 0 Å². The number of rotatable bonds is 5. The van der Waals surface area contributed by atoms with E-state index >= 15 is 0 Å². The van der Waals surface area contributed by atoms with Crippen molar-refractivity contribution in [1.29, 1.82) is 0 Å². The van der Waals surface area contributed by atoms with E-state index < -0.39 is 15.9 Å². The molecule has 2 aliphatic heterocycles. The molecule has 0 spiro atoms. The third-order valence-electron chi connectivity index (χ3n) is 4.90. The molecule has 0 radical (unpaired) electrons. The van der Waals surface area contributed by atoms with Gasteiger partial charge >= 0.3 is 0 Å². The molecule has 1 amide bonds. The summed E-state index contributed by atoms with van der Waals surface area (Å²) in [5.74, 6) is 0.0121. The van der Waals surface area contributed by atoms with E-state index in [-0.39, 0.29) is 17.5 Å². The number of ether oxygens (including phenoxy) is 1. The highest BCUT2D eigenvalue weighted by atomic mass is 32.2. The molecule has 0 aromatic heterocycles. The molecule has 2 aliphatic rings. The summed E-state index contributed by atoms with van der Waals surface area (Å²) >= 11 is 0. The van der Waals surface area contributed by atoms with Crippen LogP contribution in [0.3, 0.4) is 0 Å². The van der Waals surface area contributed by atoms with Gasteiger partial charge in [0.1, 0.15) is 4.90 Å². The van der Waals surface area contributed by atoms with Gasteiger partial charge in [0.15, 0.2) is 0 Å². The van der Waals surface area contributed by atoms with Gasteiger partial charge in [-0.25, -0.2) is 12.7 Å². The predicted octanol–water partition coefficient (Wildman–Crippen LogP) is 1.89. The van der Waals surface area contributed by atoms with Gasteiger partial charge in [0.25, 0.3) is 15.9 Å². The summed E-state index contributed by atoms with van der Waals surface area (Å²) in [6.45, 7) is 9.01. The van der Waals surface area contributed by atoms with Gasteiger partial charge in [-0.15, -0.1) is 0 Å². The van der Waals surface area contributed by atoms with Gasteiger partial charge in [-0.1, -0.05) is 26.0 Å². The van der Waals surface area contributed by atoms with E-state index in [9.17, 15) is 13.2 Å². The molecule has 2 heterocycles. The summed E-state index contributed by atoms with van der Waals surface area (Å²) in [6, 6.07) is 5.09. The molecule has 1 aromatic carbocycles. The van der Waals surface area contributed by atoms with Crippen molar-refractivity contribution in [3.05, 3.63) is 29.3 Å². The standard InChI is InChI=1S/C18H26N2O4S/c1-13(2)11-15(19-7-9-24-10-8-19)12-20-18(21)16-6-4-5-14(3)17(16)25(20,22)23/h4-6,13,15H,7-12H2,1-3H3. The van der Waals surface area contributed by atoms with Crippen LogP contribution in [-0.2, 0) is 14.8 Å². The average molecular weight is 366 g/mol. The van der Waals surface area contributed by atoms with Gasteiger partial charge in [-0.3, -0.25) is 9.69 Å². The Hall–Kier alpha value is -1.44. The molecule has 138 valence electrons. The number of nitrogens with zero attached hydrogens (tertiary/aromatic N) is 2. The number of fused-ring (bicyclic) bond motifs is 1. The van der Waals surface area contributed by atoms with E-state index in [2.05, 4.69) is 18.7 Å². The van der Waals surface area contributed by atoms with Crippen molar-refractivity contribution in [3.8, 4) is 0 Å². The fraction of sp³-hybridized carbons (Fsp3) is 0.611. The van der Waals surface area contributed by atoms with Crippen molar-refractivity contribution in [3.63, 3.8) is 0 Å². The fourth-order valence-electron chi connectivity index (χ4n) is 3.72. The highest BCUT2D eigenvalue weighted by molar-refractivity contribution is 7.90. The molecule has 0 N–H and O–H groups in total. The van der Waals surface area contributed by atoms with Gasteiger partial charge in [0.05, 0.1) is 25.3 Å². The van der Waals surface area contributed by atoms with Crippen LogP contribution in [-0.4, -0.2) is 62.4 Å². The van der Waals surface area contributed by atoms with E-state index in [1.165, 1.54) is 0 Å². The third kappa shape index (κ3) is 3.45. The Bertz CT molecular complexity index is 754. The maximum atomic E-state index is 13.0. The number of aryl methyl sites for hydroxylation is 1. The number of amides is 1. The molecule has 1 atom stereocenters. The first kappa shape index (κ1) is 18.4. The second-order valence-corrected chi connectivity index (χ2v) is 9.02. The van der Waals surface area contributed by atoms with Crippen LogP contribution in [0.4, 0.5) is 0 Å². The molecule has 6 nitrogen and oxygen atoms in total. The maximum absolute atomic E-state index is 13.0. The molecule has 25 heavy (non-hydrogen) atoms. The van der Waals surface area contributed by atoms with Crippen molar-refractivity contribution in [2.45, 2.75) is 38.1 Å². The van der Waals surface area contributed by atoms with Crippen molar-refractivity contribution >= 4 is 15.9 Å².